The van der Waals surface area contributed by atoms with Crippen LogP contribution in [0.15, 0.2) is 42.5 Å². The van der Waals surface area contributed by atoms with Crippen LogP contribution in [0.25, 0.3) is 0 Å². The average Bonchev–Trinajstić information content (AvgIpc) is 2.30. The molecule has 0 aromatic heterocycles. The summed E-state index contributed by atoms with van der Waals surface area (Å²) in [5.74, 6) is 1.53. The van der Waals surface area contributed by atoms with Gasteiger partial charge in [-0.25, -0.2) is 4.39 Å². The lowest BCUT2D eigenvalue weighted by Crippen LogP contribution is -1.96. The quantitative estimate of drug-likeness (QED) is 0.739. The molecule has 0 aliphatic rings. The Morgan fingerprint density at radius 1 is 1.00 bits per heavy atom. The molecular weight excluding hydrogens is 239 g/mol. The van der Waals surface area contributed by atoms with Gasteiger partial charge in [0.05, 0.1) is 0 Å². The van der Waals surface area contributed by atoms with Gasteiger partial charge in [0.25, 0.3) is 0 Å². The van der Waals surface area contributed by atoms with Crippen LogP contribution in [0.2, 0.25) is 0 Å². The van der Waals surface area contributed by atoms with Crippen LogP contribution in [-0.4, -0.2) is 0 Å². The summed E-state index contributed by atoms with van der Waals surface area (Å²) in [5, 5.41) is 0. The van der Waals surface area contributed by atoms with Crippen molar-refractivity contribution in [3.8, 4) is 11.5 Å². The molecule has 2 rings (SSSR count). The smallest absolute Gasteiger partial charge is 0.130 e. The molecule has 0 atom stereocenters. The highest BCUT2D eigenvalue weighted by Crippen LogP contribution is 2.25. The van der Waals surface area contributed by atoms with E-state index in [4.69, 9.17) is 4.74 Å². The largest absolute Gasteiger partial charge is 0.457 e. The highest BCUT2D eigenvalue weighted by atomic mass is 19.1. The summed E-state index contributed by atoms with van der Waals surface area (Å²) in [6, 6.07) is 12.6. The van der Waals surface area contributed by atoms with Crippen molar-refractivity contribution in [3.05, 3.63) is 59.4 Å². The van der Waals surface area contributed by atoms with E-state index in [-0.39, 0.29) is 5.82 Å². The molecule has 0 amide bonds. The van der Waals surface area contributed by atoms with Crippen molar-refractivity contribution in [2.45, 2.75) is 27.2 Å². The molecule has 0 saturated heterocycles. The lowest BCUT2D eigenvalue weighted by atomic mass is 10.0. The Morgan fingerprint density at radius 3 is 2.32 bits per heavy atom. The van der Waals surface area contributed by atoms with Crippen LogP contribution in [-0.2, 0) is 6.42 Å². The lowest BCUT2D eigenvalue weighted by molar-refractivity contribution is 0.474. The zero-order valence-corrected chi connectivity index (χ0v) is 11.6. The molecular formula is C17H19FO. The fourth-order valence-corrected chi connectivity index (χ4v) is 2.01. The average molecular weight is 258 g/mol. The molecule has 2 aromatic rings. The summed E-state index contributed by atoms with van der Waals surface area (Å²) < 4.78 is 19.3. The van der Waals surface area contributed by atoms with Crippen molar-refractivity contribution in [1.29, 1.82) is 0 Å². The van der Waals surface area contributed by atoms with Crippen molar-refractivity contribution >= 4 is 0 Å². The fraction of sp³-hybridized carbons (Fsp3) is 0.294. The topological polar surface area (TPSA) is 9.23 Å². The number of ether oxygens (including phenoxy) is 1. The van der Waals surface area contributed by atoms with Gasteiger partial charge < -0.3 is 4.74 Å². The van der Waals surface area contributed by atoms with Gasteiger partial charge in [0.2, 0.25) is 0 Å². The summed E-state index contributed by atoms with van der Waals surface area (Å²) >= 11 is 0. The fourth-order valence-electron chi connectivity index (χ4n) is 2.01. The maximum atomic E-state index is 13.6. The summed E-state index contributed by atoms with van der Waals surface area (Å²) in [5.41, 5.74) is 2.14. The SMILES string of the molecule is Cc1ccc(Oc2cc(F)cc(CC(C)C)c2)cc1. The first kappa shape index (κ1) is 13.6. The van der Waals surface area contributed by atoms with Crippen molar-refractivity contribution < 1.29 is 9.13 Å². The van der Waals surface area contributed by atoms with Gasteiger partial charge in [-0.05, 0) is 49.1 Å². The first-order chi connectivity index (χ1) is 9.02. The second kappa shape index (κ2) is 5.87. The highest BCUT2D eigenvalue weighted by molar-refractivity contribution is 5.35. The maximum Gasteiger partial charge on any atom is 0.130 e. The summed E-state index contributed by atoms with van der Waals surface area (Å²) in [6.45, 7) is 6.25. The zero-order valence-electron chi connectivity index (χ0n) is 11.6. The molecule has 0 aliphatic heterocycles. The second-order valence-corrected chi connectivity index (χ2v) is 5.31. The van der Waals surface area contributed by atoms with Gasteiger partial charge in [0, 0.05) is 6.07 Å². The number of halogens is 1. The number of aryl methyl sites for hydroxylation is 1. The Labute approximate surface area is 114 Å². The van der Waals surface area contributed by atoms with E-state index >= 15 is 0 Å². The van der Waals surface area contributed by atoms with Gasteiger partial charge in [0.1, 0.15) is 17.3 Å². The van der Waals surface area contributed by atoms with Crippen LogP contribution >= 0.6 is 0 Å². The van der Waals surface area contributed by atoms with Gasteiger partial charge in [-0.3, -0.25) is 0 Å². The van der Waals surface area contributed by atoms with E-state index in [1.54, 1.807) is 6.07 Å². The van der Waals surface area contributed by atoms with Crippen molar-refractivity contribution in [1.82, 2.24) is 0 Å². The molecule has 2 aromatic carbocycles. The van der Waals surface area contributed by atoms with Gasteiger partial charge in [-0.1, -0.05) is 31.5 Å². The predicted molar refractivity (Wildman–Crippen MR) is 76.2 cm³/mol. The van der Waals surface area contributed by atoms with E-state index in [1.807, 2.05) is 37.3 Å². The maximum absolute atomic E-state index is 13.6. The normalized spacial score (nSPS) is 10.8. The Bertz CT molecular complexity index is 544. The molecule has 0 unspecified atom stereocenters. The minimum absolute atomic E-state index is 0.250. The highest BCUT2D eigenvalue weighted by Gasteiger charge is 2.05. The Hall–Kier alpha value is -1.83. The van der Waals surface area contributed by atoms with E-state index in [1.165, 1.54) is 11.6 Å². The third kappa shape index (κ3) is 4.09. The molecule has 0 saturated carbocycles. The molecule has 0 heterocycles. The minimum Gasteiger partial charge on any atom is -0.457 e. The van der Waals surface area contributed by atoms with Crippen molar-refractivity contribution in [2.24, 2.45) is 5.92 Å². The van der Waals surface area contributed by atoms with Gasteiger partial charge >= 0.3 is 0 Å². The first-order valence-corrected chi connectivity index (χ1v) is 6.57. The van der Waals surface area contributed by atoms with E-state index in [2.05, 4.69) is 13.8 Å². The van der Waals surface area contributed by atoms with Crippen LogP contribution in [0, 0.1) is 18.7 Å². The number of hydrogen-bond donors (Lipinski definition) is 0. The Kier molecular flexibility index (Phi) is 4.20. The number of rotatable bonds is 4. The lowest BCUT2D eigenvalue weighted by Gasteiger charge is -2.10. The minimum atomic E-state index is -0.250. The molecule has 0 spiro atoms. The Balaban J connectivity index is 2.19. The molecule has 0 bridgehead atoms. The molecule has 0 aliphatic carbocycles. The van der Waals surface area contributed by atoms with Gasteiger partial charge in [-0.15, -0.1) is 0 Å². The molecule has 0 N–H and O–H groups in total. The summed E-state index contributed by atoms with van der Waals surface area (Å²) in [7, 11) is 0. The third-order valence-electron chi connectivity index (χ3n) is 2.83. The van der Waals surface area contributed by atoms with E-state index in [0.717, 1.165) is 17.7 Å². The van der Waals surface area contributed by atoms with Crippen molar-refractivity contribution in [2.75, 3.05) is 0 Å². The van der Waals surface area contributed by atoms with Crippen molar-refractivity contribution in [3.63, 3.8) is 0 Å². The van der Waals surface area contributed by atoms with Crippen LogP contribution < -0.4 is 4.74 Å². The van der Waals surface area contributed by atoms with Gasteiger partial charge in [0.15, 0.2) is 0 Å². The molecule has 2 heteroatoms. The molecule has 100 valence electrons. The standard InChI is InChI=1S/C17H19FO/c1-12(2)8-14-9-15(18)11-17(10-14)19-16-6-4-13(3)5-7-16/h4-7,9-12H,8H2,1-3H3. The van der Waals surface area contributed by atoms with Crippen LogP contribution in [0.3, 0.4) is 0 Å². The molecule has 19 heavy (non-hydrogen) atoms. The summed E-state index contributed by atoms with van der Waals surface area (Å²) in [6.07, 6.45) is 0.849. The van der Waals surface area contributed by atoms with Crippen LogP contribution in [0.5, 0.6) is 11.5 Å². The molecule has 0 radical (unpaired) electrons. The molecule has 1 nitrogen and oxygen atoms in total. The monoisotopic (exact) mass is 258 g/mol. The number of hydrogen-bond acceptors (Lipinski definition) is 1. The summed E-state index contributed by atoms with van der Waals surface area (Å²) in [4.78, 5) is 0. The molecule has 0 fully saturated rings. The van der Waals surface area contributed by atoms with Crippen LogP contribution in [0.4, 0.5) is 4.39 Å². The number of benzene rings is 2. The van der Waals surface area contributed by atoms with Crippen LogP contribution in [0.1, 0.15) is 25.0 Å². The first-order valence-electron chi connectivity index (χ1n) is 6.57. The Morgan fingerprint density at radius 2 is 1.68 bits per heavy atom. The van der Waals surface area contributed by atoms with E-state index in [0.29, 0.717) is 11.7 Å². The zero-order chi connectivity index (χ0) is 13.8. The van der Waals surface area contributed by atoms with E-state index in [9.17, 15) is 4.39 Å². The predicted octanol–water partition coefficient (Wildman–Crippen LogP) is 5.12. The van der Waals surface area contributed by atoms with E-state index < -0.39 is 0 Å². The third-order valence-corrected chi connectivity index (χ3v) is 2.83. The van der Waals surface area contributed by atoms with Gasteiger partial charge in [-0.2, -0.15) is 0 Å². The second-order valence-electron chi connectivity index (χ2n) is 5.31.